The van der Waals surface area contributed by atoms with Crippen molar-refractivity contribution in [3.63, 3.8) is 0 Å². The molecule has 1 aliphatic heterocycles. The standard InChI is InChI=1S/C26H22N2O3/c1-16(26(30)31-2)28-24(18-12-6-7-13-19(18)25(28)29)22-20-14-8-9-15-21(20)27-23(22)17-10-4-3-5-11-17/h3-16,24,27H,1-2H3/t16-,24-/m1/s1. The van der Waals surface area contributed by atoms with E-state index in [1.165, 1.54) is 7.11 Å². The zero-order valence-electron chi connectivity index (χ0n) is 17.3. The molecule has 0 saturated carbocycles. The second-order valence-corrected chi connectivity index (χ2v) is 7.73. The van der Waals surface area contributed by atoms with Crippen LogP contribution in [0, 0.1) is 0 Å². The Kier molecular flexibility index (Phi) is 4.59. The van der Waals surface area contributed by atoms with Gasteiger partial charge in [0.25, 0.3) is 5.91 Å². The Morgan fingerprint density at radius 3 is 2.42 bits per heavy atom. The quantitative estimate of drug-likeness (QED) is 0.485. The summed E-state index contributed by atoms with van der Waals surface area (Å²) in [6.45, 7) is 1.72. The number of para-hydroxylation sites is 1. The van der Waals surface area contributed by atoms with Crippen molar-refractivity contribution in [2.45, 2.75) is 19.0 Å². The molecule has 154 valence electrons. The van der Waals surface area contributed by atoms with Crippen molar-refractivity contribution < 1.29 is 14.3 Å². The largest absolute Gasteiger partial charge is 0.467 e. The highest BCUT2D eigenvalue weighted by atomic mass is 16.5. The number of fused-ring (bicyclic) bond motifs is 2. The summed E-state index contributed by atoms with van der Waals surface area (Å²) in [6.07, 6.45) is 0. The van der Waals surface area contributed by atoms with Gasteiger partial charge in [-0.1, -0.05) is 66.7 Å². The predicted octanol–water partition coefficient (Wildman–Crippen LogP) is 4.94. The van der Waals surface area contributed by atoms with E-state index in [1.54, 1.807) is 11.8 Å². The highest BCUT2D eigenvalue weighted by molar-refractivity contribution is 6.03. The van der Waals surface area contributed by atoms with Gasteiger partial charge in [-0.2, -0.15) is 0 Å². The van der Waals surface area contributed by atoms with Crippen LogP contribution in [0.2, 0.25) is 0 Å². The number of aromatic nitrogens is 1. The molecule has 2 atom stereocenters. The number of esters is 1. The van der Waals surface area contributed by atoms with Crippen LogP contribution in [0.15, 0.2) is 78.9 Å². The number of nitrogens with zero attached hydrogens (tertiary/aromatic N) is 1. The number of amides is 1. The molecular formula is C26H22N2O3. The van der Waals surface area contributed by atoms with E-state index >= 15 is 0 Å². The summed E-state index contributed by atoms with van der Waals surface area (Å²) < 4.78 is 5.00. The van der Waals surface area contributed by atoms with E-state index in [2.05, 4.69) is 11.1 Å². The van der Waals surface area contributed by atoms with E-state index in [4.69, 9.17) is 4.74 Å². The lowest BCUT2D eigenvalue weighted by Gasteiger charge is -2.30. The van der Waals surface area contributed by atoms with Gasteiger partial charge in [0.05, 0.1) is 18.8 Å². The molecule has 4 aromatic rings. The van der Waals surface area contributed by atoms with Crippen LogP contribution < -0.4 is 0 Å². The maximum absolute atomic E-state index is 13.5. The van der Waals surface area contributed by atoms with Crippen molar-refractivity contribution in [1.29, 1.82) is 0 Å². The van der Waals surface area contributed by atoms with Gasteiger partial charge >= 0.3 is 5.97 Å². The molecule has 1 amide bonds. The molecule has 1 N–H and O–H groups in total. The zero-order valence-corrected chi connectivity index (χ0v) is 17.3. The van der Waals surface area contributed by atoms with Crippen molar-refractivity contribution in [3.8, 4) is 11.3 Å². The van der Waals surface area contributed by atoms with Crippen molar-refractivity contribution in [2.75, 3.05) is 7.11 Å². The van der Waals surface area contributed by atoms with Crippen molar-refractivity contribution >= 4 is 22.8 Å². The van der Waals surface area contributed by atoms with Crippen LogP contribution in [0.3, 0.4) is 0 Å². The molecule has 5 nitrogen and oxygen atoms in total. The fourth-order valence-corrected chi connectivity index (χ4v) is 4.59. The van der Waals surface area contributed by atoms with Crippen molar-refractivity contribution in [2.24, 2.45) is 0 Å². The molecule has 2 heterocycles. The topological polar surface area (TPSA) is 62.4 Å². The number of ether oxygens (including phenoxy) is 1. The van der Waals surface area contributed by atoms with E-state index in [1.807, 2.05) is 72.8 Å². The Morgan fingerprint density at radius 1 is 0.968 bits per heavy atom. The minimum Gasteiger partial charge on any atom is -0.467 e. The number of H-pyrrole nitrogens is 1. The molecule has 3 aromatic carbocycles. The molecule has 0 spiro atoms. The van der Waals surface area contributed by atoms with Crippen LogP contribution in [-0.4, -0.2) is 34.9 Å². The fourth-order valence-electron chi connectivity index (χ4n) is 4.59. The zero-order chi connectivity index (χ0) is 21.5. The summed E-state index contributed by atoms with van der Waals surface area (Å²) >= 11 is 0. The summed E-state index contributed by atoms with van der Waals surface area (Å²) in [5.74, 6) is -0.602. The maximum atomic E-state index is 13.5. The number of carbonyl (C=O) groups is 2. The lowest BCUT2D eigenvalue weighted by molar-refractivity contribution is -0.145. The molecule has 31 heavy (non-hydrogen) atoms. The number of hydrogen-bond acceptors (Lipinski definition) is 3. The summed E-state index contributed by atoms with van der Waals surface area (Å²) in [5.41, 5.74) is 5.45. The van der Waals surface area contributed by atoms with Crippen LogP contribution in [0.25, 0.3) is 22.2 Å². The summed E-state index contributed by atoms with van der Waals surface area (Å²) in [5, 5.41) is 1.03. The first kappa shape index (κ1) is 19.1. The third-order valence-electron chi connectivity index (χ3n) is 6.04. The van der Waals surface area contributed by atoms with Gasteiger partial charge in [-0.25, -0.2) is 4.79 Å². The summed E-state index contributed by atoms with van der Waals surface area (Å²) in [7, 11) is 1.35. The Hall–Kier alpha value is -3.86. The van der Waals surface area contributed by atoms with Crippen molar-refractivity contribution in [3.05, 3.63) is 95.6 Å². The highest BCUT2D eigenvalue weighted by Gasteiger charge is 2.44. The van der Waals surface area contributed by atoms with Gasteiger partial charge in [0.15, 0.2) is 0 Å². The minimum atomic E-state index is -0.729. The SMILES string of the molecule is COC(=O)[C@@H](C)N1C(=O)c2ccccc2[C@@H]1c1c(-c2ccccc2)[nH]c2ccccc12. The Labute approximate surface area is 180 Å². The molecule has 0 radical (unpaired) electrons. The average molecular weight is 410 g/mol. The number of aromatic amines is 1. The number of methoxy groups -OCH3 is 1. The molecule has 0 fully saturated rings. The molecule has 1 aromatic heterocycles. The molecule has 0 bridgehead atoms. The fraction of sp³-hybridized carbons (Fsp3) is 0.154. The second-order valence-electron chi connectivity index (χ2n) is 7.73. The van der Waals surface area contributed by atoms with E-state index in [9.17, 15) is 9.59 Å². The van der Waals surface area contributed by atoms with Gasteiger partial charge in [0, 0.05) is 22.0 Å². The lowest BCUT2D eigenvalue weighted by atomic mass is 9.93. The molecule has 5 rings (SSSR count). The Bertz CT molecular complexity index is 1290. The molecule has 0 aliphatic carbocycles. The van der Waals surface area contributed by atoms with E-state index in [0.29, 0.717) is 5.56 Å². The first-order valence-electron chi connectivity index (χ1n) is 10.3. The lowest BCUT2D eigenvalue weighted by Crippen LogP contribution is -2.42. The van der Waals surface area contributed by atoms with Gasteiger partial charge in [0.1, 0.15) is 6.04 Å². The smallest absolute Gasteiger partial charge is 0.328 e. The molecule has 5 heteroatoms. The number of nitrogens with one attached hydrogen (secondary N) is 1. The third kappa shape index (κ3) is 2.93. The first-order valence-corrected chi connectivity index (χ1v) is 10.3. The third-order valence-corrected chi connectivity index (χ3v) is 6.04. The number of hydrogen-bond donors (Lipinski definition) is 1. The van der Waals surface area contributed by atoms with E-state index in [-0.39, 0.29) is 5.91 Å². The molecule has 0 unspecified atom stereocenters. The highest BCUT2D eigenvalue weighted by Crippen LogP contribution is 2.46. The van der Waals surface area contributed by atoms with Crippen LogP contribution in [-0.2, 0) is 9.53 Å². The Balaban J connectivity index is 1.81. The normalized spacial score (nSPS) is 16.4. The molecule has 1 aliphatic rings. The summed E-state index contributed by atoms with van der Waals surface area (Å²) in [6, 6.07) is 24.6. The number of carbonyl (C=O) groups excluding carboxylic acids is 2. The van der Waals surface area contributed by atoms with Gasteiger partial charge in [-0.3, -0.25) is 4.79 Å². The average Bonchev–Trinajstić information content (AvgIpc) is 3.34. The van der Waals surface area contributed by atoms with Crippen LogP contribution in [0.5, 0.6) is 0 Å². The van der Waals surface area contributed by atoms with Crippen LogP contribution in [0.4, 0.5) is 0 Å². The maximum Gasteiger partial charge on any atom is 0.328 e. The van der Waals surface area contributed by atoms with Crippen molar-refractivity contribution in [1.82, 2.24) is 9.88 Å². The number of benzene rings is 3. The van der Waals surface area contributed by atoms with Crippen LogP contribution >= 0.6 is 0 Å². The number of rotatable bonds is 4. The predicted molar refractivity (Wildman–Crippen MR) is 120 cm³/mol. The first-order chi connectivity index (χ1) is 15.1. The van der Waals surface area contributed by atoms with Gasteiger partial charge < -0.3 is 14.6 Å². The second kappa shape index (κ2) is 7.43. The van der Waals surface area contributed by atoms with Gasteiger partial charge in [0.2, 0.25) is 0 Å². The van der Waals surface area contributed by atoms with E-state index < -0.39 is 18.1 Å². The monoisotopic (exact) mass is 410 g/mol. The molecular weight excluding hydrogens is 388 g/mol. The minimum absolute atomic E-state index is 0.164. The molecule has 0 saturated heterocycles. The summed E-state index contributed by atoms with van der Waals surface area (Å²) in [4.78, 5) is 31.2. The Morgan fingerprint density at radius 2 is 1.65 bits per heavy atom. The van der Waals surface area contributed by atoms with E-state index in [0.717, 1.165) is 33.3 Å². The van der Waals surface area contributed by atoms with Gasteiger partial charge in [-0.15, -0.1) is 0 Å². The van der Waals surface area contributed by atoms with Gasteiger partial charge in [-0.05, 0) is 30.2 Å². The van der Waals surface area contributed by atoms with Crippen LogP contribution in [0.1, 0.15) is 34.5 Å².